The number of likely N-dealkylation sites (tertiary alicyclic amines) is 1. The predicted octanol–water partition coefficient (Wildman–Crippen LogP) is 4.75. The van der Waals surface area contributed by atoms with E-state index in [1.165, 1.54) is 44.2 Å². The van der Waals surface area contributed by atoms with Crippen molar-refractivity contribution in [1.29, 1.82) is 0 Å². The lowest BCUT2D eigenvalue weighted by Gasteiger charge is -2.59. The second kappa shape index (κ2) is 24.6. The molecule has 5 amide bonds. The summed E-state index contributed by atoms with van der Waals surface area (Å²) < 4.78 is 14.0. The number of carbonyl (C=O) groups excluding carboxylic acids is 4. The summed E-state index contributed by atoms with van der Waals surface area (Å²) in [7, 11) is 0. The van der Waals surface area contributed by atoms with Crippen LogP contribution in [0.25, 0.3) is 0 Å². The molecule has 2 saturated heterocycles. The van der Waals surface area contributed by atoms with Crippen molar-refractivity contribution in [3.05, 3.63) is 65.5 Å². The first-order chi connectivity index (χ1) is 29.9. The molecule has 1 aliphatic carbocycles. The maximum Gasteiger partial charge on any atom is 0.317 e. The smallest absolute Gasteiger partial charge is 0.317 e. The molecule has 2 heterocycles. The van der Waals surface area contributed by atoms with Crippen molar-refractivity contribution in [2.24, 2.45) is 11.3 Å². The first kappa shape index (κ1) is 48.9. The molecule has 2 aromatic carbocycles. The molecule has 1 spiro atoms. The monoisotopic (exact) mass is 868 g/mol. The van der Waals surface area contributed by atoms with E-state index < -0.39 is 36.4 Å². The van der Waals surface area contributed by atoms with Crippen LogP contribution in [0.5, 0.6) is 0 Å². The van der Waals surface area contributed by atoms with Gasteiger partial charge in [0.2, 0.25) is 17.7 Å². The van der Waals surface area contributed by atoms with E-state index >= 15 is 0 Å². The zero-order valence-electron chi connectivity index (χ0n) is 36.2. The van der Waals surface area contributed by atoms with Crippen molar-refractivity contribution in [2.45, 2.75) is 153 Å². The molecule has 2 aromatic rings. The molecule has 0 radical (unpaired) electrons. The largest absolute Gasteiger partial charge is 0.394 e. The lowest BCUT2D eigenvalue weighted by Crippen LogP contribution is -2.67. The number of urea groups is 1. The quantitative estimate of drug-likeness (QED) is 0.0540. The van der Waals surface area contributed by atoms with Gasteiger partial charge in [0, 0.05) is 51.3 Å². The third-order valence-corrected chi connectivity index (χ3v) is 13.2. The van der Waals surface area contributed by atoms with Gasteiger partial charge in [-0.15, -0.1) is 0 Å². The van der Waals surface area contributed by atoms with Gasteiger partial charge in [0.25, 0.3) is 0 Å². The average Bonchev–Trinajstić information content (AvgIpc) is 3.29. The van der Waals surface area contributed by atoms with Gasteiger partial charge in [-0.3, -0.25) is 14.4 Å². The van der Waals surface area contributed by atoms with Gasteiger partial charge in [-0.25, -0.2) is 9.18 Å². The second-order valence-electron chi connectivity index (χ2n) is 17.7. The summed E-state index contributed by atoms with van der Waals surface area (Å²) in [4.78, 5) is 55.4. The molecule has 1 unspecified atom stereocenters. The molecule has 3 fully saturated rings. The molecule has 3 aliphatic rings. The number of nitrogens with zero attached hydrogens (tertiary/aromatic N) is 2. The van der Waals surface area contributed by atoms with Crippen LogP contribution in [-0.2, 0) is 20.9 Å². The number of hydrogen-bond acceptors (Lipinski definition) is 9. The number of unbranched alkanes of at least 4 members (excludes halogenated alkanes) is 7. The zero-order valence-corrected chi connectivity index (χ0v) is 36.2. The topological polar surface area (TPSA) is 212 Å². The first-order valence-corrected chi connectivity index (χ1v) is 23.0. The van der Waals surface area contributed by atoms with Crippen LogP contribution in [-0.4, -0.2) is 111 Å². The molecule has 0 aromatic heterocycles. The van der Waals surface area contributed by atoms with Crippen LogP contribution in [0, 0.1) is 17.2 Å². The Hall–Kier alpha value is -4.15. The summed E-state index contributed by atoms with van der Waals surface area (Å²) in [6.07, 6.45) is 9.92. The minimum atomic E-state index is -1.73. The molecule has 0 bridgehead atoms. The maximum absolute atomic E-state index is 14.1. The van der Waals surface area contributed by atoms with Crippen molar-refractivity contribution < 1.29 is 49.1 Å². The molecule has 1 saturated carbocycles. The summed E-state index contributed by atoms with van der Waals surface area (Å²) in [5.41, 5.74) is 1.84. The number of anilines is 1. The summed E-state index contributed by atoms with van der Waals surface area (Å²) in [5, 5.41) is 56.2. The van der Waals surface area contributed by atoms with E-state index in [4.69, 9.17) is 5.11 Å². The normalized spacial score (nSPS) is 19.6. The van der Waals surface area contributed by atoms with Gasteiger partial charge in [-0.1, -0.05) is 94.9 Å². The third kappa shape index (κ3) is 13.7. The van der Waals surface area contributed by atoms with Gasteiger partial charge in [0.1, 0.15) is 24.1 Å². The third-order valence-electron chi connectivity index (χ3n) is 13.2. The second-order valence-corrected chi connectivity index (χ2v) is 17.7. The van der Waals surface area contributed by atoms with Crippen molar-refractivity contribution in [1.82, 2.24) is 20.9 Å². The highest BCUT2D eigenvalue weighted by molar-refractivity contribution is 6.06. The van der Waals surface area contributed by atoms with E-state index in [1.54, 1.807) is 17.0 Å². The molecule has 14 nitrogen and oxygen atoms in total. The highest BCUT2D eigenvalue weighted by atomic mass is 19.1. The van der Waals surface area contributed by atoms with Gasteiger partial charge in [-0.05, 0) is 73.4 Å². The number of amides is 5. The van der Waals surface area contributed by atoms with Crippen LogP contribution in [0.2, 0.25) is 0 Å². The van der Waals surface area contributed by atoms with E-state index in [0.717, 1.165) is 68.2 Å². The van der Waals surface area contributed by atoms with Gasteiger partial charge in [0.15, 0.2) is 0 Å². The van der Waals surface area contributed by atoms with Crippen molar-refractivity contribution in [3.8, 4) is 0 Å². The Morgan fingerprint density at radius 3 is 1.89 bits per heavy atom. The Morgan fingerprint density at radius 1 is 0.726 bits per heavy atom. The van der Waals surface area contributed by atoms with Crippen LogP contribution in [0.4, 0.5) is 14.9 Å². The number of aliphatic hydroxyl groups excluding tert-OH is 5. The van der Waals surface area contributed by atoms with E-state index in [2.05, 4.69) is 16.0 Å². The molecule has 5 atom stereocenters. The van der Waals surface area contributed by atoms with Crippen LogP contribution in [0.1, 0.15) is 133 Å². The van der Waals surface area contributed by atoms with Gasteiger partial charge in [-0.2, -0.15) is 0 Å². The SMILES string of the molecule is O=C(CCCCCCCCCCC(=O)NC[C@@H](O)[C@H](O)[C@@H](O)[C@@H](O)CO)NCc1ccc(N2C(=O)C3(CCN(C(=O)NCCC4CCCCC4)CC3)C2c2ccc(F)cc2)cc1. The number of piperidine rings is 1. The Kier molecular flexibility index (Phi) is 19.4. The maximum atomic E-state index is 14.1. The fourth-order valence-corrected chi connectivity index (χ4v) is 9.29. The fourth-order valence-electron chi connectivity index (χ4n) is 9.29. The van der Waals surface area contributed by atoms with E-state index in [0.29, 0.717) is 57.8 Å². The van der Waals surface area contributed by atoms with E-state index in [1.807, 2.05) is 29.2 Å². The standard InChI is InChI=1S/C47H70FN5O9/c48-36-20-18-35(19-21-36)44-47(25-28-52(29-26-47)46(62)49-27-24-33-12-8-7-9-13-33)45(61)53(44)37-22-16-34(17-23-37)30-50-40(57)14-10-5-3-1-2-4-6-11-15-41(58)51-31-38(55)42(59)43(60)39(56)32-54/h16-23,33,38-39,42-44,54-56,59-60H,1-15,24-32H2,(H,49,62)(H,50,57)(H,51,58)/t38-,39+,42+,43+,44?/m1/s1. The van der Waals surface area contributed by atoms with Crippen LogP contribution >= 0.6 is 0 Å². The minimum Gasteiger partial charge on any atom is -0.394 e. The number of nitrogens with one attached hydrogen (secondary N) is 3. The first-order valence-electron chi connectivity index (χ1n) is 23.0. The van der Waals surface area contributed by atoms with E-state index in [-0.39, 0.29) is 48.6 Å². The number of hydrogen-bond donors (Lipinski definition) is 8. The fraction of sp³-hybridized carbons (Fsp3) is 0.660. The van der Waals surface area contributed by atoms with Crippen LogP contribution in [0.3, 0.4) is 0 Å². The number of β-lactam (4-membered cyclic amide) rings is 1. The molecular formula is C47H70FN5O9. The summed E-state index contributed by atoms with van der Waals surface area (Å²) in [5.74, 6) is 0.0629. The molecular weight excluding hydrogens is 798 g/mol. The lowest BCUT2D eigenvalue weighted by atomic mass is 9.62. The minimum absolute atomic E-state index is 0.0140. The van der Waals surface area contributed by atoms with Crippen molar-refractivity contribution in [3.63, 3.8) is 0 Å². The molecule has 15 heteroatoms. The predicted molar refractivity (Wildman–Crippen MR) is 233 cm³/mol. The Morgan fingerprint density at radius 2 is 1.29 bits per heavy atom. The summed E-state index contributed by atoms with van der Waals surface area (Å²) in [6, 6.07) is 13.6. The van der Waals surface area contributed by atoms with Gasteiger partial charge >= 0.3 is 6.03 Å². The van der Waals surface area contributed by atoms with Crippen LogP contribution < -0.4 is 20.9 Å². The summed E-state index contributed by atoms with van der Waals surface area (Å²) in [6.45, 7) is 0.957. The molecule has 8 N–H and O–H groups in total. The Labute approximate surface area is 365 Å². The molecule has 344 valence electrons. The van der Waals surface area contributed by atoms with Crippen molar-refractivity contribution in [2.75, 3.05) is 37.7 Å². The average molecular weight is 868 g/mol. The van der Waals surface area contributed by atoms with Gasteiger partial charge in [0.05, 0.1) is 24.2 Å². The number of rotatable bonds is 24. The Bertz CT molecular complexity index is 1700. The number of aliphatic hydroxyl groups is 5. The number of halogens is 1. The summed E-state index contributed by atoms with van der Waals surface area (Å²) >= 11 is 0. The number of carbonyl (C=O) groups is 4. The van der Waals surface area contributed by atoms with Crippen molar-refractivity contribution >= 4 is 29.4 Å². The Balaban J connectivity index is 0.959. The molecule has 5 rings (SSSR count). The zero-order chi connectivity index (χ0) is 44.5. The molecule has 2 aliphatic heterocycles. The molecule has 62 heavy (non-hydrogen) atoms. The van der Waals surface area contributed by atoms with Gasteiger partial charge < -0.3 is 51.3 Å². The van der Waals surface area contributed by atoms with E-state index in [9.17, 15) is 44.0 Å². The highest BCUT2D eigenvalue weighted by Gasteiger charge is 2.62. The van der Waals surface area contributed by atoms with Crippen LogP contribution in [0.15, 0.2) is 48.5 Å². The lowest BCUT2D eigenvalue weighted by molar-refractivity contribution is -0.144. The number of benzene rings is 2. The highest BCUT2D eigenvalue weighted by Crippen LogP contribution is 2.57.